The number of ether oxygens (including phenoxy) is 1. The number of carbonyl (C=O) groups excluding carboxylic acids is 2. The second-order valence-electron chi connectivity index (χ2n) is 7.15. The third kappa shape index (κ3) is 4.88. The monoisotopic (exact) mass is 436 g/mol. The van der Waals surface area contributed by atoms with Crippen molar-refractivity contribution in [1.82, 2.24) is 0 Å². The van der Waals surface area contributed by atoms with Gasteiger partial charge in [0, 0.05) is 5.69 Å². The Balaban J connectivity index is 1.44. The summed E-state index contributed by atoms with van der Waals surface area (Å²) in [5.74, 6) is 0.0847. The molecule has 7 heteroatoms. The van der Waals surface area contributed by atoms with Crippen LogP contribution in [0, 0.1) is 12.7 Å². The number of anilines is 2. The minimum absolute atomic E-state index is 0.0981. The number of amides is 2. The number of hydrogen-bond acceptors (Lipinski definition) is 4. The zero-order valence-corrected chi connectivity index (χ0v) is 17.7. The van der Waals surface area contributed by atoms with Crippen molar-refractivity contribution in [2.24, 2.45) is 0 Å². The maximum Gasteiger partial charge on any atom is 0.262 e. The van der Waals surface area contributed by atoms with Gasteiger partial charge in [0.05, 0.1) is 11.4 Å². The molecule has 4 rings (SSSR count). The first-order valence-corrected chi connectivity index (χ1v) is 10.8. The van der Waals surface area contributed by atoms with Gasteiger partial charge in [0.2, 0.25) is 5.91 Å². The minimum atomic E-state index is -0.422. The third-order valence-corrected chi connectivity index (χ3v) is 6.03. The molecule has 1 heterocycles. The smallest absolute Gasteiger partial charge is 0.262 e. The van der Waals surface area contributed by atoms with Gasteiger partial charge < -0.3 is 10.1 Å². The summed E-state index contributed by atoms with van der Waals surface area (Å²) >= 11 is 1.45. The number of halogens is 1. The quantitative estimate of drug-likeness (QED) is 0.595. The molecule has 0 spiro atoms. The highest BCUT2D eigenvalue weighted by Crippen LogP contribution is 2.42. The molecule has 1 fully saturated rings. The Morgan fingerprint density at radius 3 is 2.61 bits per heavy atom. The van der Waals surface area contributed by atoms with Crippen LogP contribution in [0.4, 0.5) is 15.8 Å². The first-order valence-electron chi connectivity index (χ1n) is 9.79. The van der Waals surface area contributed by atoms with Crippen LogP contribution in [0.2, 0.25) is 0 Å². The third-order valence-electron chi connectivity index (χ3n) is 4.82. The van der Waals surface area contributed by atoms with Crippen LogP contribution in [0.3, 0.4) is 0 Å². The van der Waals surface area contributed by atoms with Gasteiger partial charge in [-0.25, -0.2) is 4.39 Å². The number of carbonyl (C=O) groups is 2. The molecular weight excluding hydrogens is 415 g/mol. The van der Waals surface area contributed by atoms with Crippen molar-refractivity contribution in [1.29, 1.82) is 0 Å². The van der Waals surface area contributed by atoms with E-state index in [0.29, 0.717) is 11.4 Å². The lowest BCUT2D eigenvalue weighted by atomic mass is 10.1. The van der Waals surface area contributed by atoms with E-state index in [1.807, 2.05) is 37.3 Å². The second kappa shape index (κ2) is 9.22. The lowest BCUT2D eigenvalue weighted by Gasteiger charge is -2.25. The fourth-order valence-electron chi connectivity index (χ4n) is 3.33. The molecule has 1 aliphatic rings. The summed E-state index contributed by atoms with van der Waals surface area (Å²) < 4.78 is 19.9. The van der Waals surface area contributed by atoms with E-state index in [1.165, 1.54) is 22.7 Å². The normalized spacial score (nSPS) is 15.7. The van der Waals surface area contributed by atoms with E-state index in [-0.39, 0.29) is 35.2 Å². The van der Waals surface area contributed by atoms with Gasteiger partial charge in [0.25, 0.3) is 5.91 Å². The number of thioether (sulfide) groups is 1. The molecule has 0 aliphatic carbocycles. The number of para-hydroxylation sites is 1. The predicted molar refractivity (Wildman–Crippen MR) is 121 cm³/mol. The molecule has 0 radical (unpaired) electrons. The van der Waals surface area contributed by atoms with Gasteiger partial charge in [-0.1, -0.05) is 36.4 Å². The lowest BCUT2D eigenvalue weighted by Crippen LogP contribution is -2.28. The van der Waals surface area contributed by atoms with Crippen molar-refractivity contribution in [3.8, 4) is 5.75 Å². The van der Waals surface area contributed by atoms with Crippen LogP contribution in [0.1, 0.15) is 16.5 Å². The highest BCUT2D eigenvalue weighted by atomic mass is 32.2. The largest absolute Gasteiger partial charge is 0.484 e. The van der Waals surface area contributed by atoms with Crippen molar-refractivity contribution < 1.29 is 18.7 Å². The molecule has 0 unspecified atom stereocenters. The first-order chi connectivity index (χ1) is 15.0. The number of hydrogen-bond donors (Lipinski definition) is 1. The Hall–Kier alpha value is -3.32. The van der Waals surface area contributed by atoms with Crippen molar-refractivity contribution in [3.05, 3.63) is 89.7 Å². The van der Waals surface area contributed by atoms with E-state index in [9.17, 15) is 14.0 Å². The van der Waals surface area contributed by atoms with Crippen LogP contribution in [0.25, 0.3) is 0 Å². The number of rotatable bonds is 6. The summed E-state index contributed by atoms with van der Waals surface area (Å²) in [4.78, 5) is 26.1. The van der Waals surface area contributed by atoms with E-state index in [1.54, 1.807) is 36.4 Å². The van der Waals surface area contributed by atoms with Crippen LogP contribution in [-0.2, 0) is 9.59 Å². The molecule has 1 saturated heterocycles. The maximum atomic E-state index is 14.4. The van der Waals surface area contributed by atoms with E-state index in [2.05, 4.69) is 5.32 Å². The zero-order chi connectivity index (χ0) is 21.8. The molecule has 0 aromatic heterocycles. The van der Waals surface area contributed by atoms with Crippen molar-refractivity contribution >= 4 is 35.0 Å². The summed E-state index contributed by atoms with van der Waals surface area (Å²) in [7, 11) is 0. The van der Waals surface area contributed by atoms with E-state index < -0.39 is 5.82 Å². The highest BCUT2D eigenvalue weighted by Gasteiger charge is 2.35. The summed E-state index contributed by atoms with van der Waals surface area (Å²) in [6.45, 7) is 1.77. The summed E-state index contributed by atoms with van der Waals surface area (Å²) in [6.07, 6.45) is 0. The Labute approximate surface area is 184 Å². The standard InChI is InChI=1S/C24H21FN2O3S/c1-16-7-12-20(25)21(13-16)27-23(29)15-31-24(27)17-8-10-18(11-9-17)26-22(28)14-30-19-5-3-2-4-6-19/h2-13,24H,14-15H2,1H3,(H,26,28)/t24-/m1/s1. The number of nitrogens with zero attached hydrogens (tertiary/aromatic N) is 1. The van der Waals surface area contributed by atoms with Crippen LogP contribution in [0.15, 0.2) is 72.8 Å². The van der Waals surface area contributed by atoms with Crippen molar-refractivity contribution in [3.63, 3.8) is 0 Å². The predicted octanol–water partition coefficient (Wildman–Crippen LogP) is 4.93. The summed E-state index contributed by atoms with van der Waals surface area (Å²) in [5.41, 5.74) is 2.65. The Morgan fingerprint density at radius 1 is 1.13 bits per heavy atom. The molecule has 0 bridgehead atoms. The SMILES string of the molecule is Cc1ccc(F)c(N2C(=O)CS[C@@H]2c2ccc(NC(=O)COc3ccccc3)cc2)c1. The maximum absolute atomic E-state index is 14.4. The van der Waals surface area contributed by atoms with Crippen molar-refractivity contribution in [2.75, 3.05) is 22.6 Å². The molecule has 1 aliphatic heterocycles. The van der Waals surface area contributed by atoms with Gasteiger partial charge in [-0.15, -0.1) is 11.8 Å². The minimum Gasteiger partial charge on any atom is -0.484 e. The molecule has 1 atom stereocenters. The Morgan fingerprint density at radius 2 is 1.87 bits per heavy atom. The van der Waals surface area contributed by atoms with Crippen LogP contribution < -0.4 is 15.0 Å². The topological polar surface area (TPSA) is 58.6 Å². The molecule has 31 heavy (non-hydrogen) atoms. The Kier molecular flexibility index (Phi) is 6.23. The molecule has 5 nitrogen and oxygen atoms in total. The molecular formula is C24H21FN2O3S. The van der Waals surface area contributed by atoms with Gasteiger partial charge >= 0.3 is 0 Å². The molecule has 3 aromatic carbocycles. The number of benzene rings is 3. The van der Waals surface area contributed by atoms with E-state index in [0.717, 1.165) is 11.1 Å². The number of aryl methyl sites for hydroxylation is 1. The van der Waals surface area contributed by atoms with Crippen molar-refractivity contribution in [2.45, 2.75) is 12.3 Å². The molecule has 158 valence electrons. The van der Waals surface area contributed by atoms with Gasteiger partial charge in [0.1, 0.15) is 16.9 Å². The van der Waals surface area contributed by atoms with Crippen LogP contribution in [-0.4, -0.2) is 24.2 Å². The highest BCUT2D eigenvalue weighted by molar-refractivity contribution is 8.00. The van der Waals surface area contributed by atoms with Gasteiger partial charge in [-0.05, 0) is 54.4 Å². The zero-order valence-electron chi connectivity index (χ0n) is 16.9. The molecule has 3 aromatic rings. The Bertz CT molecular complexity index is 1090. The summed E-state index contributed by atoms with van der Waals surface area (Å²) in [5, 5.41) is 2.46. The van der Waals surface area contributed by atoms with Gasteiger partial charge in [-0.2, -0.15) is 0 Å². The van der Waals surface area contributed by atoms with E-state index in [4.69, 9.17) is 4.74 Å². The first kappa shape index (κ1) is 20.9. The average Bonchev–Trinajstić information content (AvgIpc) is 3.16. The fourth-order valence-corrected chi connectivity index (χ4v) is 4.50. The second-order valence-corrected chi connectivity index (χ2v) is 8.22. The van der Waals surface area contributed by atoms with Crippen LogP contribution in [0.5, 0.6) is 5.75 Å². The number of nitrogens with one attached hydrogen (secondary N) is 1. The molecule has 2 amide bonds. The fraction of sp³-hybridized carbons (Fsp3) is 0.167. The van der Waals surface area contributed by atoms with Gasteiger partial charge in [-0.3, -0.25) is 14.5 Å². The molecule has 1 N–H and O–H groups in total. The van der Waals surface area contributed by atoms with Crippen LogP contribution >= 0.6 is 11.8 Å². The summed E-state index contributed by atoms with van der Waals surface area (Å²) in [6, 6.07) is 21.1. The molecule has 0 saturated carbocycles. The van der Waals surface area contributed by atoms with Gasteiger partial charge in [0.15, 0.2) is 6.61 Å². The van der Waals surface area contributed by atoms with E-state index >= 15 is 0 Å². The lowest BCUT2D eigenvalue weighted by molar-refractivity contribution is -0.118. The average molecular weight is 437 g/mol.